The number of benzene rings is 1. The number of carboxylic acid groups (broad SMARTS) is 1. The molecule has 0 saturated carbocycles. The molecule has 0 radical (unpaired) electrons. The summed E-state index contributed by atoms with van der Waals surface area (Å²) in [6.45, 7) is 0. The molecule has 2 aromatic rings. The Bertz CT molecular complexity index is 540. The van der Waals surface area contributed by atoms with E-state index in [1.54, 1.807) is 18.2 Å². The molecule has 3 nitrogen and oxygen atoms in total. The molecule has 0 amide bonds. The van der Waals surface area contributed by atoms with Crippen LogP contribution in [0.3, 0.4) is 0 Å². The van der Waals surface area contributed by atoms with Crippen LogP contribution >= 0.6 is 0 Å². The third kappa shape index (κ3) is 2.34. The zero-order valence-corrected chi connectivity index (χ0v) is 8.48. The topological polar surface area (TPSA) is 50.2 Å². The van der Waals surface area contributed by atoms with Crippen LogP contribution in [0.2, 0.25) is 0 Å². The number of hydrogen-bond donors (Lipinski definition) is 1. The zero-order valence-electron chi connectivity index (χ0n) is 8.48. The van der Waals surface area contributed by atoms with Crippen molar-refractivity contribution < 1.29 is 14.3 Å². The van der Waals surface area contributed by atoms with Crippen LogP contribution < -0.4 is 0 Å². The second-order valence-electron chi connectivity index (χ2n) is 3.53. The van der Waals surface area contributed by atoms with Crippen molar-refractivity contribution in [3.8, 4) is 0 Å². The van der Waals surface area contributed by atoms with Gasteiger partial charge in [-0.15, -0.1) is 0 Å². The van der Waals surface area contributed by atoms with Crippen LogP contribution in [0.1, 0.15) is 12.1 Å². The Morgan fingerprint density at radius 1 is 1.31 bits per heavy atom. The van der Waals surface area contributed by atoms with Gasteiger partial charge in [0, 0.05) is 17.5 Å². The molecule has 0 saturated heterocycles. The van der Waals surface area contributed by atoms with Crippen molar-refractivity contribution in [2.24, 2.45) is 0 Å². The first-order chi connectivity index (χ1) is 7.65. The highest BCUT2D eigenvalue weighted by molar-refractivity contribution is 5.78. The number of halogens is 1. The first-order valence-corrected chi connectivity index (χ1v) is 4.92. The summed E-state index contributed by atoms with van der Waals surface area (Å²) in [6.07, 6.45) is 0.447. The lowest BCUT2D eigenvalue weighted by atomic mass is 10.1. The van der Waals surface area contributed by atoms with E-state index in [0.717, 1.165) is 5.39 Å². The first kappa shape index (κ1) is 10.5. The number of fused-ring (bicyclic) bond motifs is 1. The number of nitrogens with zero attached hydrogens (tertiary/aromatic N) is 1. The van der Waals surface area contributed by atoms with Crippen molar-refractivity contribution in [3.63, 3.8) is 0 Å². The maximum Gasteiger partial charge on any atom is 0.303 e. The van der Waals surface area contributed by atoms with Gasteiger partial charge in [-0.05, 0) is 24.3 Å². The summed E-state index contributed by atoms with van der Waals surface area (Å²) in [6, 6.07) is 7.82. The summed E-state index contributed by atoms with van der Waals surface area (Å²) >= 11 is 0. The van der Waals surface area contributed by atoms with E-state index >= 15 is 0 Å². The lowest BCUT2D eigenvalue weighted by Crippen LogP contribution is -1.99. The Labute approximate surface area is 91.5 Å². The smallest absolute Gasteiger partial charge is 0.303 e. The standard InChI is InChI=1S/C12H10FNO2/c13-9-2-5-11-8(7-9)1-3-10(14-11)4-6-12(15)16/h1-3,5,7H,4,6H2,(H,15,16). The average Bonchev–Trinajstić information content (AvgIpc) is 2.26. The van der Waals surface area contributed by atoms with Crippen molar-refractivity contribution in [2.75, 3.05) is 0 Å². The SMILES string of the molecule is O=C(O)CCc1ccc2cc(F)ccc2n1. The van der Waals surface area contributed by atoms with Gasteiger partial charge in [-0.3, -0.25) is 9.78 Å². The van der Waals surface area contributed by atoms with E-state index in [2.05, 4.69) is 4.98 Å². The molecule has 0 fully saturated rings. The van der Waals surface area contributed by atoms with Gasteiger partial charge in [-0.1, -0.05) is 6.07 Å². The third-order valence-corrected chi connectivity index (χ3v) is 2.30. The third-order valence-electron chi connectivity index (χ3n) is 2.30. The van der Waals surface area contributed by atoms with Crippen LogP contribution in [0.25, 0.3) is 10.9 Å². The molecule has 4 heteroatoms. The predicted octanol–water partition coefficient (Wildman–Crippen LogP) is 2.39. The van der Waals surface area contributed by atoms with Crippen molar-refractivity contribution in [1.29, 1.82) is 0 Å². The summed E-state index contributed by atoms with van der Waals surface area (Å²) in [5, 5.41) is 9.27. The van der Waals surface area contributed by atoms with Gasteiger partial charge in [0.2, 0.25) is 0 Å². The molecule has 0 atom stereocenters. The van der Waals surface area contributed by atoms with Gasteiger partial charge in [0.05, 0.1) is 11.9 Å². The molecular formula is C12H10FNO2. The Kier molecular flexibility index (Phi) is 2.81. The molecule has 2 rings (SSSR count). The molecule has 1 N–H and O–H groups in total. The minimum absolute atomic E-state index is 0.0553. The molecule has 1 heterocycles. The van der Waals surface area contributed by atoms with E-state index in [4.69, 9.17) is 5.11 Å². The Morgan fingerprint density at radius 2 is 2.12 bits per heavy atom. The number of carboxylic acids is 1. The van der Waals surface area contributed by atoms with E-state index in [-0.39, 0.29) is 12.2 Å². The maximum absolute atomic E-state index is 12.9. The highest BCUT2D eigenvalue weighted by atomic mass is 19.1. The van der Waals surface area contributed by atoms with Crippen molar-refractivity contribution in [3.05, 3.63) is 41.8 Å². The number of rotatable bonds is 3. The number of pyridine rings is 1. The molecule has 0 aliphatic heterocycles. The van der Waals surface area contributed by atoms with Crippen LogP contribution in [0.5, 0.6) is 0 Å². The van der Waals surface area contributed by atoms with E-state index in [0.29, 0.717) is 17.6 Å². The minimum atomic E-state index is -0.846. The number of carbonyl (C=O) groups is 1. The lowest BCUT2D eigenvalue weighted by molar-refractivity contribution is -0.136. The van der Waals surface area contributed by atoms with Gasteiger partial charge in [-0.25, -0.2) is 4.39 Å². The van der Waals surface area contributed by atoms with Crippen molar-refractivity contribution in [2.45, 2.75) is 12.8 Å². The molecule has 0 unspecified atom stereocenters. The van der Waals surface area contributed by atoms with Crippen LogP contribution in [0.4, 0.5) is 4.39 Å². The number of hydrogen-bond acceptors (Lipinski definition) is 2. The molecule has 0 spiro atoms. The fourth-order valence-corrected chi connectivity index (χ4v) is 1.51. The van der Waals surface area contributed by atoms with Gasteiger partial charge in [0.15, 0.2) is 0 Å². The van der Waals surface area contributed by atoms with Gasteiger partial charge in [-0.2, -0.15) is 0 Å². The largest absolute Gasteiger partial charge is 0.481 e. The van der Waals surface area contributed by atoms with E-state index in [1.165, 1.54) is 12.1 Å². The van der Waals surface area contributed by atoms with Crippen LogP contribution in [0.15, 0.2) is 30.3 Å². The second-order valence-corrected chi connectivity index (χ2v) is 3.53. The lowest BCUT2D eigenvalue weighted by Gasteiger charge is -2.01. The fraction of sp³-hybridized carbons (Fsp3) is 0.167. The Hall–Kier alpha value is -1.97. The quantitative estimate of drug-likeness (QED) is 0.862. The average molecular weight is 219 g/mol. The van der Waals surface area contributed by atoms with Gasteiger partial charge in [0.1, 0.15) is 5.82 Å². The normalized spacial score (nSPS) is 10.6. The van der Waals surface area contributed by atoms with Crippen LogP contribution in [-0.4, -0.2) is 16.1 Å². The van der Waals surface area contributed by atoms with Crippen LogP contribution in [0, 0.1) is 5.82 Å². The fourth-order valence-electron chi connectivity index (χ4n) is 1.51. The number of aryl methyl sites for hydroxylation is 1. The summed E-state index contributed by atoms with van der Waals surface area (Å²) < 4.78 is 12.9. The summed E-state index contributed by atoms with van der Waals surface area (Å²) in [4.78, 5) is 14.7. The first-order valence-electron chi connectivity index (χ1n) is 4.92. The molecule has 1 aromatic carbocycles. The van der Waals surface area contributed by atoms with Gasteiger partial charge < -0.3 is 5.11 Å². The number of aliphatic carboxylic acids is 1. The van der Waals surface area contributed by atoms with E-state index in [9.17, 15) is 9.18 Å². The van der Waals surface area contributed by atoms with Gasteiger partial charge >= 0.3 is 5.97 Å². The minimum Gasteiger partial charge on any atom is -0.481 e. The Balaban J connectivity index is 2.30. The van der Waals surface area contributed by atoms with E-state index < -0.39 is 5.97 Å². The highest BCUT2D eigenvalue weighted by Crippen LogP contribution is 2.14. The predicted molar refractivity (Wildman–Crippen MR) is 57.7 cm³/mol. The Morgan fingerprint density at radius 3 is 2.88 bits per heavy atom. The molecule has 0 aliphatic rings. The van der Waals surface area contributed by atoms with Crippen molar-refractivity contribution in [1.82, 2.24) is 4.98 Å². The molecule has 82 valence electrons. The summed E-state index contributed by atoms with van der Waals surface area (Å²) in [7, 11) is 0. The highest BCUT2D eigenvalue weighted by Gasteiger charge is 2.02. The molecule has 1 aromatic heterocycles. The van der Waals surface area contributed by atoms with E-state index in [1.807, 2.05) is 0 Å². The molecule has 0 aliphatic carbocycles. The molecule has 16 heavy (non-hydrogen) atoms. The number of aromatic nitrogens is 1. The monoisotopic (exact) mass is 219 g/mol. The summed E-state index contributed by atoms with van der Waals surface area (Å²) in [5.74, 6) is -1.14. The van der Waals surface area contributed by atoms with Crippen LogP contribution in [-0.2, 0) is 11.2 Å². The van der Waals surface area contributed by atoms with Crippen molar-refractivity contribution >= 4 is 16.9 Å². The molecule has 0 bridgehead atoms. The zero-order chi connectivity index (χ0) is 11.5. The maximum atomic E-state index is 12.9. The summed E-state index contributed by atoms with van der Waals surface area (Å²) in [5.41, 5.74) is 1.39. The van der Waals surface area contributed by atoms with Gasteiger partial charge in [0.25, 0.3) is 0 Å². The molecular weight excluding hydrogens is 209 g/mol. The second kappa shape index (κ2) is 4.26.